The molecule has 0 saturated heterocycles. The summed E-state index contributed by atoms with van der Waals surface area (Å²) in [5.74, 6) is 3.41. The van der Waals surface area contributed by atoms with Crippen molar-refractivity contribution in [3.63, 3.8) is 0 Å². The normalized spacial score (nSPS) is 12.9. The number of terminal acetylenes is 1. The minimum absolute atomic E-state index is 0.515. The molecular formula is C11H7O. The Kier molecular flexibility index (Phi) is 1.60. The van der Waals surface area contributed by atoms with Gasteiger partial charge >= 0.3 is 0 Å². The minimum Gasteiger partial charge on any atom is -0.488 e. The van der Waals surface area contributed by atoms with Crippen LogP contribution in [0.25, 0.3) is 6.08 Å². The third-order valence-corrected chi connectivity index (χ3v) is 1.75. The summed E-state index contributed by atoms with van der Waals surface area (Å²) in [6.07, 6.45) is 10.1. The highest BCUT2D eigenvalue weighted by atomic mass is 16.5. The van der Waals surface area contributed by atoms with Gasteiger partial charge in [0, 0.05) is 11.1 Å². The van der Waals surface area contributed by atoms with Gasteiger partial charge in [-0.25, -0.2) is 0 Å². The van der Waals surface area contributed by atoms with E-state index in [0.717, 1.165) is 16.9 Å². The maximum Gasteiger partial charge on any atom is 0.128 e. The predicted molar refractivity (Wildman–Crippen MR) is 47.6 cm³/mol. The predicted octanol–water partition coefficient (Wildman–Crippen LogP) is 1.88. The second-order valence-corrected chi connectivity index (χ2v) is 2.53. The molecule has 0 amide bonds. The van der Waals surface area contributed by atoms with Crippen molar-refractivity contribution in [2.45, 2.75) is 0 Å². The van der Waals surface area contributed by atoms with E-state index in [1.807, 2.05) is 24.3 Å². The maximum atomic E-state index is 5.33. The summed E-state index contributed by atoms with van der Waals surface area (Å²) in [4.78, 5) is 0. The molecule has 0 fully saturated rings. The zero-order chi connectivity index (χ0) is 8.39. The van der Waals surface area contributed by atoms with Crippen LogP contribution in [0.3, 0.4) is 0 Å². The van der Waals surface area contributed by atoms with Gasteiger partial charge < -0.3 is 4.74 Å². The van der Waals surface area contributed by atoms with Crippen LogP contribution in [0.2, 0.25) is 0 Å². The highest BCUT2D eigenvalue weighted by Gasteiger charge is 2.04. The van der Waals surface area contributed by atoms with Crippen molar-refractivity contribution in [2.24, 2.45) is 0 Å². The molecule has 1 aromatic rings. The van der Waals surface area contributed by atoms with Crippen LogP contribution in [0.1, 0.15) is 11.1 Å². The van der Waals surface area contributed by atoms with Crippen LogP contribution >= 0.6 is 0 Å². The van der Waals surface area contributed by atoms with Crippen molar-refractivity contribution < 1.29 is 4.74 Å². The van der Waals surface area contributed by atoms with Gasteiger partial charge in [0.2, 0.25) is 0 Å². The van der Waals surface area contributed by atoms with Gasteiger partial charge in [-0.15, -0.1) is 6.42 Å². The Morgan fingerprint density at radius 1 is 1.50 bits per heavy atom. The fraction of sp³-hybridized carbons (Fsp3) is 0.0909. The number of rotatable bonds is 0. The molecule has 1 aliphatic rings. The number of hydrogen-bond donors (Lipinski definition) is 0. The lowest BCUT2D eigenvalue weighted by molar-refractivity contribution is 0.352. The van der Waals surface area contributed by atoms with Crippen molar-refractivity contribution in [2.75, 3.05) is 6.61 Å². The molecule has 0 N–H and O–H groups in total. The smallest absolute Gasteiger partial charge is 0.128 e. The number of ether oxygens (including phenoxy) is 1. The first-order chi connectivity index (χ1) is 5.90. The van der Waals surface area contributed by atoms with E-state index in [0.29, 0.717) is 6.61 Å². The van der Waals surface area contributed by atoms with E-state index >= 15 is 0 Å². The molecule has 0 aliphatic carbocycles. The lowest BCUT2D eigenvalue weighted by Crippen LogP contribution is -2.00. The Labute approximate surface area is 71.7 Å². The van der Waals surface area contributed by atoms with Crippen molar-refractivity contribution >= 4 is 6.08 Å². The van der Waals surface area contributed by atoms with E-state index in [2.05, 4.69) is 12.0 Å². The summed E-state index contributed by atoms with van der Waals surface area (Å²) in [5, 5.41) is 0. The van der Waals surface area contributed by atoms with Gasteiger partial charge in [0.1, 0.15) is 12.4 Å². The van der Waals surface area contributed by atoms with E-state index in [1.54, 1.807) is 0 Å². The Balaban J connectivity index is 2.53. The van der Waals surface area contributed by atoms with Gasteiger partial charge in [-0.1, -0.05) is 12.0 Å². The monoisotopic (exact) mass is 155 g/mol. The van der Waals surface area contributed by atoms with Crippen LogP contribution in [-0.4, -0.2) is 6.61 Å². The average Bonchev–Trinajstić information content (AvgIpc) is 2.17. The molecule has 0 aromatic heterocycles. The third-order valence-electron chi connectivity index (χ3n) is 1.75. The quantitative estimate of drug-likeness (QED) is 0.520. The van der Waals surface area contributed by atoms with Crippen molar-refractivity contribution in [3.8, 4) is 18.1 Å². The first-order valence-corrected chi connectivity index (χ1v) is 3.70. The van der Waals surface area contributed by atoms with Gasteiger partial charge in [0.15, 0.2) is 0 Å². The molecule has 57 valence electrons. The molecule has 1 heterocycles. The van der Waals surface area contributed by atoms with Gasteiger partial charge in [-0.05, 0) is 24.3 Å². The van der Waals surface area contributed by atoms with Crippen LogP contribution in [0.15, 0.2) is 18.2 Å². The van der Waals surface area contributed by atoms with Crippen molar-refractivity contribution in [1.82, 2.24) is 0 Å². The molecule has 1 aromatic carbocycles. The molecule has 0 bridgehead atoms. The molecule has 0 unspecified atom stereocenters. The highest BCUT2D eigenvalue weighted by molar-refractivity contribution is 5.60. The fourth-order valence-corrected chi connectivity index (χ4v) is 1.14. The Morgan fingerprint density at radius 2 is 2.42 bits per heavy atom. The maximum absolute atomic E-state index is 5.33. The molecule has 1 heteroatoms. The molecule has 1 radical (unpaired) electrons. The second-order valence-electron chi connectivity index (χ2n) is 2.53. The average molecular weight is 155 g/mol. The van der Waals surface area contributed by atoms with E-state index in [9.17, 15) is 0 Å². The van der Waals surface area contributed by atoms with Crippen molar-refractivity contribution in [1.29, 1.82) is 0 Å². The van der Waals surface area contributed by atoms with Gasteiger partial charge in [0.25, 0.3) is 0 Å². The van der Waals surface area contributed by atoms with Crippen LogP contribution in [0, 0.1) is 18.4 Å². The first kappa shape index (κ1) is 7.00. The van der Waals surface area contributed by atoms with E-state index < -0.39 is 0 Å². The Hall–Kier alpha value is -1.68. The SMILES string of the molecule is C#Cc1ccc2c(c1)OC[C]=C2. The van der Waals surface area contributed by atoms with Crippen LogP contribution in [0.5, 0.6) is 5.75 Å². The largest absolute Gasteiger partial charge is 0.488 e. The molecule has 1 aliphatic heterocycles. The van der Waals surface area contributed by atoms with Crippen molar-refractivity contribution in [3.05, 3.63) is 35.4 Å². The van der Waals surface area contributed by atoms with E-state index in [4.69, 9.17) is 11.2 Å². The topological polar surface area (TPSA) is 9.23 Å². The van der Waals surface area contributed by atoms with Crippen LogP contribution in [0.4, 0.5) is 0 Å². The van der Waals surface area contributed by atoms with Gasteiger partial charge in [0.05, 0.1) is 0 Å². The Bertz CT molecular complexity index is 369. The fourth-order valence-electron chi connectivity index (χ4n) is 1.14. The molecule has 0 atom stereocenters. The summed E-state index contributed by atoms with van der Waals surface area (Å²) in [6.45, 7) is 0.515. The molecule has 12 heavy (non-hydrogen) atoms. The molecule has 2 rings (SSSR count). The lowest BCUT2D eigenvalue weighted by Gasteiger charge is -2.11. The van der Waals surface area contributed by atoms with Crippen LogP contribution in [-0.2, 0) is 0 Å². The zero-order valence-electron chi connectivity index (χ0n) is 6.50. The van der Waals surface area contributed by atoms with E-state index in [1.165, 1.54) is 0 Å². The second kappa shape index (κ2) is 2.75. The van der Waals surface area contributed by atoms with Gasteiger partial charge in [-0.2, -0.15) is 0 Å². The number of hydrogen-bond acceptors (Lipinski definition) is 1. The summed E-state index contributed by atoms with van der Waals surface area (Å²) in [7, 11) is 0. The zero-order valence-corrected chi connectivity index (χ0v) is 6.50. The van der Waals surface area contributed by atoms with E-state index in [-0.39, 0.29) is 0 Å². The Morgan fingerprint density at radius 3 is 3.25 bits per heavy atom. The first-order valence-electron chi connectivity index (χ1n) is 3.70. The minimum atomic E-state index is 0.515. The highest BCUT2D eigenvalue weighted by Crippen LogP contribution is 2.23. The standard InChI is InChI=1S/C11H7O/c1-2-9-5-6-10-4-3-7-12-11(10)8-9/h1,4-6,8H,7H2. The molecule has 1 nitrogen and oxygen atoms in total. The van der Waals surface area contributed by atoms with Gasteiger partial charge in [-0.3, -0.25) is 0 Å². The van der Waals surface area contributed by atoms with Crippen LogP contribution < -0.4 is 4.74 Å². The number of benzene rings is 1. The summed E-state index contributed by atoms with van der Waals surface area (Å²) in [5.41, 5.74) is 1.89. The molecule has 0 spiro atoms. The summed E-state index contributed by atoms with van der Waals surface area (Å²) >= 11 is 0. The summed E-state index contributed by atoms with van der Waals surface area (Å²) in [6, 6.07) is 5.70. The third kappa shape index (κ3) is 1.08. The molecule has 0 saturated carbocycles. The lowest BCUT2D eigenvalue weighted by atomic mass is 10.1. The summed E-state index contributed by atoms with van der Waals surface area (Å²) < 4.78 is 5.33. The number of fused-ring (bicyclic) bond motifs is 1. The molecular weight excluding hydrogens is 148 g/mol.